The number of fused-ring (bicyclic) bond motifs is 3. The van der Waals surface area contributed by atoms with Crippen molar-refractivity contribution in [3.63, 3.8) is 0 Å². The van der Waals surface area contributed by atoms with Crippen molar-refractivity contribution in [2.45, 2.75) is 38.4 Å². The molecule has 0 fully saturated rings. The summed E-state index contributed by atoms with van der Waals surface area (Å²) in [6, 6.07) is 5.09. The minimum atomic E-state index is -0.641. The fourth-order valence-electron chi connectivity index (χ4n) is 4.59. The van der Waals surface area contributed by atoms with Crippen molar-refractivity contribution in [3.05, 3.63) is 70.4 Å². The molecule has 2 aromatic heterocycles. The van der Waals surface area contributed by atoms with Gasteiger partial charge in [0, 0.05) is 49.3 Å². The quantitative estimate of drug-likeness (QED) is 0.587. The van der Waals surface area contributed by atoms with Gasteiger partial charge in [0.1, 0.15) is 17.8 Å². The van der Waals surface area contributed by atoms with E-state index in [1.54, 1.807) is 27.6 Å². The lowest BCUT2D eigenvalue weighted by Crippen LogP contribution is -2.45. The molecule has 5 rings (SSSR count). The molecule has 2 aliphatic rings. The van der Waals surface area contributed by atoms with Crippen LogP contribution in [0.3, 0.4) is 0 Å². The van der Waals surface area contributed by atoms with E-state index >= 15 is 0 Å². The number of likely N-dealkylation sites (N-methyl/N-ethyl adjacent to an activating group) is 1. The summed E-state index contributed by atoms with van der Waals surface area (Å²) < 4.78 is 20.4. The number of hydrogen-bond donors (Lipinski definition) is 1. The molecule has 3 aromatic rings. The van der Waals surface area contributed by atoms with Crippen molar-refractivity contribution in [1.82, 2.24) is 24.7 Å². The molecule has 3 amide bonds. The van der Waals surface area contributed by atoms with E-state index in [4.69, 9.17) is 16.2 Å². The standard InChI is InChI=1S/C23H22FN7O3/c1-13-8-19-16(12-30(13)23(33)26-15-4-5-17(24)20(9-15)25-2)21-22(32)29(3)10-14(11-31(21)27-19)18-6-7-34-28-18/h4-7,9,13-14H,8,10-12H2,1,3H3,(H,26,33)/t13-,14-/m1/s1. The Bertz CT molecular complexity index is 1310. The summed E-state index contributed by atoms with van der Waals surface area (Å²) >= 11 is 0. The number of rotatable bonds is 2. The second-order valence-corrected chi connectivity index (χ2v) is 8.65. The number of benzene rings is 1. The average Bonchev–Trinajstić information content (AvgIpc) is 3.44. The third kappa shape index (κ3) is 3.67. The van der Waals surface area contributed by atoms with Crippen LogP contribution in [-0.2, 0) is 19.5 Å². The Kier molecular flexibility index (Phi) is 5.28. The average molecular weight is 463 g/mol. The lowest BCUT2D eigenvalue weighted by molar-refractivity contribution is 0.0787. The highest BCUT2D eigenvalue weighted by molar-refractivity contribution is 5.95. The Hall–Kier alpha value is -4.20. The van der Waals surface area contributed by atoms with Crippen molar-refractivity contribution in [1.29, 1.82) is 0 Å². The molecule has 10 nitrogen and oxygen atoms in total. The van der Waals surface area contributed by atoms with Crippen molar-refractivity contribution in [3.8, 4) is 0 Å². The van der Waals surface area contributed by atoms with Gasteiger partial charge in [0.2, 0.25) is 5.69 Å². The smallest absolute Gasteiger partial charge is 0.322 e. The molecule has 2 aliphatic heterocycles. The highest BCUT2D eigenvalue weighted by Crippen LogP contribution is 2.31. The van der Waals surface area contributed by atoms with Gasteiger partial charge >= 0.3 is 6.03 Å². The highest BCUT2D eigenvalue weighted by atomic mass is 19.1. The second kappa shape index (κ2) is 8.30. The van der Waals surface area contributed by atoms with E-state index in [1.165, 1.54) is 18.4 Å². The number of nitrogens with zero attached hydrogens (tertiary/aromatic N) is 6. The summed E-state index contributed by atoms with van der Waals surface area (Å²) in [6.07, 6.45) is 2.00. The molecular formula is C23H22FN7O3. The molecule has 2 atom stereocenters. The van der Waals surface area contributed by atoms with E-state index in [1.807, 2.05) is 6.92 Å². The van der Waals surface area contributed by atoms with Crippen LogP contribution in [0.15, 0.2) is 35.1 Å². The predicted molar refractivity (Wildman–Crippen MR) is 119 cm³/mol. The molecule has 4 heterocycles. The van der Waals surface area contributed by atoms with E-state index in [0.29, 0.717) is 30.9 Å². The lowest BCUT2D eigenvalue weighted by Gasteiger charge is -2.33. The molecule has 11 heteroatoms. The van der Waals surface area contributed by atoms with Gasteiger partial charge in [0.25, 0.3) is 5.91 Å². The third-order valence-corrected chi connectivity index (χ3v) is 6.37. The number of amides is 3. The van der Waals surface area contributed by atoms with Gasteiger partial charge in [-0.3, -0.25) is 9.48 Å². The number of carbonyl (C=O) groups excluding carboxylic acids is 2. The Morgan fingerprint density at radius 3 is 2.88 bits per heavy atom. The van der Waals surface area contributed by atoms with Crippen LogP contribution in [0.2, 0.25) is 0 Å². The van der Waals surface area contributed by atoms with Crippen LogP contribution in [0.25, 0.3) is 4.85 Å². The SMILES string of the molecule is [C-]#[N+]c1cc(NC(=O)N2Cc3c(nn4c3C(=O)N(C)C[C@@H](c3ccon3)C4)C[C@H]2C)ccc1F. The molecule has 0 spiro atoms. The Labute approximate surface area is 194 Å². The van der Waals surface area contributed by atoms with Crippen LogP contribution < -0.4 is 5.32 Å². The monoisotopic (exact) mass is 463 g/mol. The van der Waals surface area contributed by atoms with Gasteiger partial charge < -0.3 is 19.6 Å². The van der Waals surface area contributed by atoms with E-state index in [-0.39, 0.29) is 30.1 Å². The number of nitrogens with one attached hydrogen (secondary N) is 1. The van der Waals surface area contributed by atoms with Crippen molar-refractivity contribution >= 4 is 23.3 Å². The number of hydrogen-bond acceptors (Lipinski definition) is 5. The minimum absolute atomic E-state index is 0.0674. The first-order chi connectivity index (χ1) is 16.4. The van der Waals surface area contributed by atoms with Gasteiger partial charge in [-0.05, 0) is 25.1 Å². The number of halogens is 1. The fraction of sp³-hybridized carbons (Fsp3) is 0.348. The normalized spacial score (nSPS) is 19.8. The van der Waals surface area contributed by atoms with Crippen LogP contribution in [0.4, 0.5) is 20.6 Å². The van der Waals surface area contributed by atoms with Crippen LogP contribution in [-0.4, -0.2) is 56.3 Å². The first kappa shape index (κ1) is 21.6. The summed E-state index contributed by atoms with van der Waals surface area (Å²) in [6.45, 7) is 10.1. The van der Waals surface area contributed by atoms with E-state index in [0.717, 1.165) is 23.0 Å². The summed E-state index contributed by atoms with van der Waals surface area (Å²) in [5, 5.41) is 11.5. The molecule has 1 N–H and O–H groups in total. The number of urea groups is 1. The molecule has 0 unspecified atom stereocenters. The van der Waals surface area contributed by atoms with E-state index < -0.39 is 11.8 Å². The van der Waals surface area contributed by atoms with Gasteiger partial charge in [-0.1, -0.05) is 5.16 Å². The van der Waals surface area contributed by atoms with Crippen molar-refractivity contribution < 1.29 is 18.5 Å². The number of anilines is 1. The molecule has 0 saturated carbocycles. The van der Waals surface area contributed by atoms with Gasteiger partial charge in [-0.15, -0.1) is 0 Å². The molecule has 0 radical (unpaired) electrons. The van der Waals surface area contributed by atoms with Crippen LogP contribution in [0, 0.1) is 12.4 Å². The lowest BCUT2D eigenvalue weighted by atomic mass is 9.99. The molecule has 0 saturated heterocycles. The van der Waals surface area contributed by atoms with E-state index in [9.17, 15) is 14.0 Å². The third-order valence-electron chi connectivity index (χ3n) is 6.37. The van der Waals surface area contributed by atoms with E-state index in [2.05, 4.69) is 15.3 Å². The van der Waals surface area contributed by atoms with Crippen LogP contribution >= 0.6 is 0 Å². The topological polar surface area (TPSA) is 101 Å². The first-order valence-corrected chi connectivity index (χ1v) is 10.8. The maximum absolute atomic E-state index is 13.6. The summed E-state index contributed by atoms with van der Waals surface area (Å²) in [7, 11) is 1.74. The van der Waals surface area contributed by atoms with Gasteiger partial charge in [-0.25, -0.2) is 14.0 Å². The maximum Gasteiger partial charge on any atom is 0.322 e. The Balaban J connectivity index is 1.43. The Morgan fingerprint density at radius 1 is 1.32 bits per heavy atom. The summed E-state index contributed by atoms with van der Waals surface area (Å²) in [4.78, 5) is 32.8. The minimum Gasteiger partial charge on any atom is -0.364 e. The zero-order valence-corrected chi connectivity index (χ0v) is 18.7. The van der Waals surface area contributed by atoms with Crippen molar-refractivity contribution in [2.75, 3.05) is 18.9 Å². The summed E-state index contributed by atoms with van der Waals surface area (Å²) in [5.41, 5.74) is 2.93. The summed E-state index contributed by atoms with van der Waals surface area (Å²) in [5.74, 6) is -0.866. The zero-order chi connectivity index (χ0) is 24.0. The Morgan fingerprint density at radius 2 is 2.15 bits per heavy atom. The second-order valence-electron chi connectivity index (χ2n) is 8.65. The molecule has 1 aromatic carbocycles. The van der Waals surface area contributed by atoms with Crippen LogP contribution in [0.5, 0.6) is 0 Å². The number of aromatic nitrogens is 3. The molecular weight excluding hydrogens is 441 g/mol. The van der Waals surface area contributed by atoms with Crippen molar-refractivity contribution in [2.24, 2.45) is 0 Å². The molecule has 34 heavy (non-hydrogen) atoms. The van der Waals surface area contributed by atoms with Gasteiger partial charge in [0.05, 0.1) is 31.0 Å². The van der Waals surface area contributed by atoms with Crippen LogP contribution in [0.1, 0.15) is 40.3 Å². The number of carbonyl (C=O) groups is 2. The van der Waals surface area contributed by atoms with Gasteiger partial charge in [0.15, 0.2) is 0 Å². The first-order valence-electron chi connectivity index (χ1n) is 10.8. The highest BCUT2D eigenvalue weighted by Gasteiger charge is 2.37. The molecule has 0 bridgehead atoms. The fourth-order valence-corrected chi connectivity index (χ4v) is 4.59. The molecule has 0 aliphatic carbocycles. The molecule has 174 valence electrons. The zero-order valence-electron chi connectivity index (χ0n) is 18.7. The largest absolute Gasteiger partial charge is 0.364 e. The van der Waals surface area contributed by atoms with Gasteiger partial charge in [-0.2, -0.15) is 5.10 Å². The maximum atomic E-state index is 13.6. The predicted octanol–water partition coefficient (Wildman–Crippen LogP) is 3.41.